The summed E-state index contributed by atoms with van der Waals surface area (Å²) in [5, 5.41) is 0. The normalized spacial score (nSPS) is 12.1. The largest absolute Gasteiger partial charge is 0.464 e. The van der Waals surface area contributed by atoms with Crippen molar-refractivity contribution in [2.24, 2.45) is 0 Å². The molecule has 0 aliphatic heterocycles. The molecule has 0 aromatic carbocycles. The number of anilines is 1. The van der Waals surface area contributed by atoms with Crippen LogP contribution in [0.4, 0.5) is 5.82 Å². The standard InChI is InChI=1S/C12H14N4O2/c1-8(9-3-5-14-6-4-9)16-7-15-10(11(16)13)12(17)18-2/h3-8H,13H2,1-2H3. The van der Waals surface area contributed by atoms with Gasteiger partial charge in [0.05, 0.1) is 19.5 Å². The molecule has 0 saturated heterocycles. The summed E-state index contributed by atoms with van der Waals surface area (Å²) in [5.74, 6) is -0.237. The maximum Gasteiger partial charge on any atom is 0.360 e. The van der Waals surface area contributed by atoms with Crippen LogP contribution in [0.3, 0.4) is 0 Å². The monoisotopic (exact) mass is 246 g/mol. The molecule has 0 bridgehead atoms. The van der Waals surface area contributed by atoms with Crippen LogP contribution >= 0.6 is 0 Å². The molecule has 2 rings (SSSR count). The summed E-state index contributed by atoms with van der Waals surface area (Å²) in [6, 6.07) is 3.75. The molecule has 0 amide bonds. The minimum atomic E-state index is -0.534. The molecule has 0 spiro atoms. The van der Waals surface area contributed by atoms with Crippen molar-refractivity contribution in [1.82, 2.24) is 14.5 Å². The van der Waals surface area contributed by atoms with E-state index in [1.54, 1.807) is 17.0 Å². The van der Waals surface area contributed by atoms with E-state index in [1.165, 1.54) is 13.4 Å². The van der Waals surface area contributed by atoms with Gasteiger partial charge in [-0.3, -0.25) is 4.98 Å². The van der Waals surface area contributed by atoms with Gasteiger partial charge in [-0.1, -0.05) is 0 Å². The molecule has 94 valence electrons. The molecule has 2 aromatic heterocycles. The van der Waals surface area contributed by atoms with Gasteiger partial charge in [0, 0.05) is 12.4 Å². The summed E-state index contributed by atoms with van der Waals surface area (Å²) in [6.45, 7) is 1.97. The minimum Gasteiger partial charge on any atom is -0.464 e. The second-order valence-corrected chi connectivity index (χ2v) is 3.83. The number of pyridine rings is 1. The first-order chi connectivity index (χ1) is 8.65. The minimum absolute atomic E-state index is 0.0288. The third-order valence-corrected chi connectivity index (χ3v) is 2.82. The van der Waals surface area contributed by atoms with Crippen molar-refractivity contribution in [3.05, 3.63) is 42.1 Å². The lowest BCUT2D eigenvalue weighted by molar-refractivity contribution is 0.0596. The number of methoxy groups -OCH3 is 1. The molecule has 0 radical (unpaired) electrons. The maximum atomic E-state index is 11.4. The van der Waals surface area contributed by atoms with E-state index in [0.29, 0.717) is 5.82 Å². The Balaban J connectivity index is 2.35. The number of carbonyl (C=O) groups excluding carboxylic acids is 1. The Hall–Kier alpha value is -2.37. The van der Waals surface area contributed by atoms with Gasteiger partial charge in [-0.05, 0) is 24.6 Å². The van der Waals surface area contributed by atoms with Crippen LogP contribution in [0.15, 0.2) is 30.9 Å². The van der Waals surface area contributed by atoms with Gasteiger partial charge in [0.15, 0.2) is 5.69 Å². The van der Waals surface area contributed by atoms with Crippen LogP contribution in [0, 0.1) is 0 Å². The quantitative estimate of drug-likeness (QED) is 0.824. The number of hydrogen-bond acceptors (Lipinski definition) is 5. The van der Waals surface area contributed by atoms with Gasteiger partial charge in [-0.25, -0.2) is 9.78 Å². The van der Waals surface area contributed by atoms with Crippen LogP contribution in [0.5, 0.6) is 0 Å². The summed E-state index contributed by atoms with van der Waals surface area (Å²) in [5.41, 5.74) is 7.07. The van der Waals surface area contributed by atoms with Crippen LogP contribution in [0.2, 0.25) is 0 Å². The molecule has 1 unspecified atom stereocenters. The molecule has 18 heavy (non-hydrogen) atoms. The van der Waals surface area contributed by atoms with E-state index >= 15 is 0 Å². The van der Waals surface area contributed by atoms with Gasteiger partial charge in [-0.2, -0.15) is 0 Å². The molecule has 1 atom stereocenters. The molecule has 2 heterocycles. The average molecular weight is 246 g/mol. The Morgan fingerprint density at radius 2 is 2.11 bits per heavy atom. The average Bonchev–Trinajstić information content (AvgIpc) is 2.80. The van der Waals surface area contributed by atoms with Crippen molar-refractivity contribution in [2.75, 3.05) is 12.8 Å². The molecule has 2 N–H and O–H groups in total. The Bertz CT molecular complexity index is 550. The Morgan fingerprint density at radius 1 is 1.44 bits per heavy atom. The highest BCUT2D eigenvalue weighted by molar-refractivity contribution is 5.92. The number of rotatable bonds is 3. The summed E-state index contributed by atoms with van der Waals surface area (Å²) in [6.07, 6.45) is 4.95. The van der Waals surface area contributed by atoms with Crippen LogP contribution in [-0.4, -0.2) is 27.6 Å². The van der Waals surface area contributed by atoms with Gasteiger partial charge in [0.25, 0.3) is 0 Å². The first-order valence-electron chi connectivity index (χ1n) is 5.45. The van der Waals surface area contributed by atoms with E-state index in [9.17, 15) is 4.79 Å². The van der Waals surface area contributed by atoms with Crippen molar-refractivity contribution >= 4 is 11.8 Å². The van der Waals surface area contributed by atoms with Crippen molar-refractivity contribution in [1.29, 1.82) is 0 Å². The smallest absolute Gasteiger partial charge is 0.360 e. The fraction of sp³-hybridized carbons (Fsp3) is 0.250. The van der Waals surface area contributed by atoms with Crippen molar-refractivity contribution < 1.29 is 9.53 Å². The molecule has 0 saturated carbocycles. The number of imidazole rings is 1. The molecule has 6 nitrogen and oxygen atoms in total. The molecule has 0 aliphatic carbocycles. The van der Waals surface area contributed by atoms with Crippen LogP contribution in [-0.2, 0) is 4.74 Å². The first kappa shape index (κ1) is 12.1. The lowest BCUT2D eigenvalue weighted by atomic mass is 10.1. The van der Waals surface area contributed by atoms with Crippen molar-refractivity contribution in [3.8, 4) is 0 Å². The third kappa shape index (κ3) is 2.04. The lowest BCUT2D eigenvalue weighted by Crippen LogP contribution is -2.11. The predicted molar refractivity (Wildman–Crippen MR) is 66.0 cm³/mol. The number of nitrogens with two attached hydrogens (primary N) is 1. The molecular weight excluding hydrogens is 232 g/mol. The summed E-state index contributed by atoms with van der Waals surface area (Å²) < 4.78 is 6.33. The molecule has 0 fully saturated rings. The number of ether oxygens (including phenoxy) is 1. The van der Waals surface area contributed by atoms with Gasteiger partial charge in [-0.15, -0.1) is 0 Å². The molecule has 0 aliphatic rings. The lowest BCUT2D eigenvalue weighted by Gasteiger charge is -2.15. The Kier molecular flexibility index (Phi) is 3.27. The molecule has 6 heteroatoms. The van der Waals surface area contributed by atoms with Gasteiger partial charge >= 0.3 is 5.97 Å². The Morgan fingerprint density at radius 3 is 2.72 bits per heavy atom. The number of carbonyl (C=O) groups is 1. The van der Waals surface area contributed by atoms with Gasteiger partial charge in [0.2, 0.25) is 0 Å². The summed E-state index contributed by atoms with van der Waals surface area (Å²) in [7, 11) is 1.30. The number of aromatic nitrogens is 3. The second-order valence-electron chi connectivity index (χ2n) is 3.83. The highest BCUT2D eigenvalue weighted by atomic mass is 16.5. The van der Waals surface area contributed by atoms with E-state index in [1.807, 2.05) is 19.1 Å². The maximum absolute atomic E-state index is 11.4. The number of nitrogens with zero attached hydrogens (tertiary/aromatic N) is 3. The summed E-state index contributed by atoms with van der Waals surface area (Å²) in [4.78, 5) is 19.4. The SMILES string of the molecule is COC(=O)c1ncn(C(C)c2ccncc2)c1N. The van der Waals surface area contributed by atoms with E-state index in [-0.39, 0.29) is 11.7 Å². The number of hydrogen-bond donors (Lipinski definition) is 1. The van der Waals surface area contributed by atoms with Crippen LogP contribution < -0.4 is 5.73 Å². The van der Waals surface area contributed by atoms with Crippen molar-refractivity contribution in [3.63, 3.8) is 0 Å². The van der Waals surface area contributed by atoms with Crippen molar-refractivity contribution in [2.45, 2.75) is 13.0 Å². The van der Waals surface area contributed by atoms with Crippen LogP contribution in [0.1, 0.15) is 29.0 Å². The fourth-order valence-electron chi connectivity index (χ4n) is 1.74. The summed E-state index contributed by atoms with van der Waals surface area (Å²) >= 11 is 0. The topological polar surface area (TPSA) is 83.0 Å². The predicted octanol–water partition coefficient (Wildman–Crippen LogP) is 1.26. The third-order valence-electron chi connectivity index (χ3n) is 2.82. The highest BCUT2D eigenvalue weighted by Gasteiger charge is 2.19. The first-order valence-corrected chi connectivity index (χ1v) is 5.45. The molecular formula is C12H14N4O2. The van der Waals surface area contributed by atoms with E-state index in [2.05, 4.69) is 14.7 Å². The second kappa shape index (κ2) is 4.87. The fourth-order valence-corrected chi connectivity index (χ4v) is 1.74. The van der Waals surface area contributed by atoms with Crippen LogP contribution in [0.25, 0.3) is 0 Å². The van der Waals surface area contributed by atoms with E-state index in [0.717, 1.165) is 5.56 Å². The van der Waals surface area contributed by atoms with Gasteiger partial charge in [0.1, 0.15) is 5.82 Å². The zero-order valence-electron chi connectivity index (χ0n) is 10.2. The number of nitrogen functional groups attached to an aromatic ring is 1. The molecule has 2 aromatic rings. The zero-order chi connectivity index (χ0) is 13.1. The van der Waals surface area contributed by atoms with Gasteiger partial charge < -0.3 is 15.0 Å². The Labute approximate surface area is 104 Å². The van der Waals surface area contributed by atoms with E-state index < -0.39 is 5.97 Å². The number of esters is 1. The highest BCUT2D eigenvalue weighted by Crippen LogP contribution is 2.22. The zero-order valence-corrected chi connectivity index (χ0v) is 10.2. The van der Waals surface area contributed by atoms with E-state index in [4.69, 9.17) is 5.73 Å².